The molecule has 1 aliphatic heterocycles. The number of aryl methyl sites for hydroxylation is 1. The van der Waals surface area contributed by atoms with Crippen molar-refractivity contribution in [2.75, 3.05) is 11.9 Å². The molecule has 0 saturated heterocycles. The van der Waals surface area contributed by atoms with Crippen LogP contribution in [-0.4, -0.2) is 24.3 Å². The lowest BCUT2D eigenvalue weighted by Gasteiger charge is -2.39. The van der Waals surface area contributed by atoms with Gasteiger partial charge in [0.15, 0.2) is 0 Å². The minimum Gasteiger partial charge on any atom is -0.393 e. The van der Waals surface area contributed by atoms with E-state index in [1.54, 1.807) is 5.56 Å². The molecule has 4 rings (SSSR count). The van der Waals surface area contributed by atoms with Crippen molar-refractivity contribution in [1.82, 2.24) is 0 Å². The second-order valence-electron chi connectivity index (χ2n) is 13.6. The SMILES string of the molecule is CCCC(O)C(C)CC1CCCC(CC2CCCCC2)C(C)C2C(CCC1)c1ccc(CC)cc1N2C. The molecule has 1 aromatic carbocycles. The Balaban J connectivity index is 1.56. The molecule has 0 aromatic heterocycles. The summed E-state index contributed by atoms with van der Waals surface area (Å²) in [7, 11) is 2.41. The molecule has 7 atom stereocenters. The molecule has 37 heavy (non-hydrogen) atoms. The van der Waals surface area contributed by atoms with E-state index in [1.807, 2.05) is 0 Å². The zero-order valence-electron chi connectivity index (χ0n) is 25.1. The maximum Gasteiger partial charge on any atom is 0.0565 e. The third-order valence-electron chi connectivity index (χ3n) is 11.0. The lowest BCUT2D eigenvalue weighted by Crippen LogP contribution is -2.40. The van der Waals surface area contributed by atoms with Gasteiger partial charge in [-0.25, -0.2) is 0 Å². The normalized spacial score (nSPS) is 31.3. The van der Waals surface area contributed by atoms with Gasteiger partial charge in [-0.2, -0.15) is 0 Å². The van der Waals surface area contributed by atoms with Crippen LogP contribution in [0.5, 0.6) is 0 Å². The molecule has 2 nitrogen and oxygen atoms in total. The first-order valence-electron chi connectivity index (χ1n) is 16.5. The fraction of sp³-hybridized carbons (Fsp3) is 0.829. The van der Waals surface area contributed by atoms with Gasteiger partial charge in [0.25, 0.3) is 0 Å². The summed E-state index contributed by atoms with van der Waals surface area (Å²) in [5.41, 5.74) is 4.65. The number of fused-ring (bicyclic) bond motifs is 3. The van der Waals surface area contributed by atoms with Crippen LogP contribution in [0.3, 0.4) is 0 Å². The predicted molar refractivity (Wildman–Crippen MR) is 160 cm³/mol. The Morgan fingerprint density at radius 1 is 0.919 bits per heavy atom. The number of rotatable bonds is 8. The van der Waals surface area contributed by atoms with Gasteiger partial charge < -0.3 is 10.0 Å². The quantitative estimate of drug-likeness (QED) is 0.377. The molecule has 1 aromatic rings. The zero-order chi connectivity index (χ0) is 26.4. The second-order valence-corrected chi connectivity index (χ2v) is 13.6. The summed E-state index contributed by atoms with van der Waals surface area (Å²) in [4.78, 5) is 2.72. The third-order valence-corrected chi connectivity index (χ3v) is 11.0. The van der Waals surface area contributed by atoms with Gasteiger partial charge in [0, 0.05) is 24.7 Å². The van der Waals surface area contributed by atoms with E-state index in [9.17, 15) is 5.11 Å². The molecular weight excluding hydrogens is 450 g/mol. The average molecular weight is 510 g/mol. The topological polar surface area (TPSA) is 23.5 Å². The van der Waals surface area contributed by atoms with E-state index in [4.69, 9.17) is 0 Å². The van der Waals surface area contributed by atoms with E-state index < -0.39 is 0 Å². The van der Waals surface area contributed by atoms with Crippen molar-refractivity contribution in [2.45, 2.75) is 148 Å². The number of aliphatic hydroxyl groups is 1. The van der Waals surface area contributed by atoms with Crippen molar-refractivity contribution in [2.24, 2.45) is 29.6 Å². The molecule has 0 bridgehead atoms. The summed E-state index contributed by atoms with van der Waals surface area (Å²) in [6.45, 7) is 9.43. The van der Waals surface area contributed by atoms with E-state index >= 15 is 0 Å². The molecule has 0 amide bonds. The summed E-state index contributed by atoms with van der Waals surface area (Å²) in [5.74, 6) is 4.45. The first kappa shape index (κ1) is 29.0. The largest absolute Gasteiger partial charge is 0.393 e. The number of anilines is 1. The van der Waals surface area contributed by atoms with E-state index in [2.05, 4.69) is 57.8 Å². The average Bonchev–Trinajstić information content (AvgIpc) is 3.17. The van der Waals surface area contributed by atoms with Gasteiger partial charge in [0.05, 0.1) is 6.10 Å². The molecule has 0 radical (unpaired) electrons. The molecule has 3 aliphatic rings. The molecule has 2 saturated carbocycles. The molecule has 1 heterocycles. The van der Waals surface area contributed by atoms with Crippen LogP contribution >= 0.6 is 0 Å². The van der Waals surface area contributed by atoms with Gasteiger partial charge in [-0.05, 0) is 78.9 Å². The van der Waals surface area contributed by atoms with Gasteiger partial charge >= 0.3 is 0 Å². The maximum atomic E-state index is 10.7. The smallest absolute Gasteiger partial charge is 0.0565 e. The van der Waals surface area contributed by atoms with Crippen molar-refractivity contribution in [1.29, 1.82) is 0 Å². The number of likely N-dealkylation sites (N-methyl/N-ethyl adjacent to an activating group) is 1. The van der Waals surface area contributed by atoms with Crippen molar-refractivity contribution in [3.63, 3.8) is 0 Å². The Bertz CT molecular complexity index is 813. The lowest BCUT2D eigenvalue weighted by atomic mass is 9.72. The Morgan fingerprint density at radius 2 is 1.62 bits per heavy atom. The summed E-state index contributed by atoms with van der Waals surface area (Å²) < 4.78 is 0. The Morgan fingerprint density at radius 3 is 2.32 bits per heavy atom. The Labute approximate surface area is 230 Å². The molecular formula is C35H59NO. The predicted octanol–water partition coefficient (Wildman–Crippen LogP) is 9.53. The van der Waals surface area contributed by atoms with E-state index in [0.29, 0.717) is 17.9 Å². The monoisotopic (exact) mass is 509 g/mol. The fourth-order valence-electron chi connectivity index (χ4n) is 8.75. The highest BCUT2D eigenvalue weighted by atomic mass is 16.3. The zero-order valence-corrected chi connectivity index (χ0v) is 25.1. The van der Waals surface area contributed by atoms with Gasteiger partial charge in [-0.1, -0.05) is 110 Å². The highest BCUT2D eigenvalue weighted by molar-refractivity contribution is 5.63. The summed E-state index contributed by atoms with van der Waals surface area (Å²) in [6.07, 6.45) is 21.3. The van der Waals surface area contributed by atoms with E-state index in [1.165, 1.54) is 94.7 Å². The fourth-order valence-corrected chi connectivity index (χ4v) is 8.75. The number of hydrogen-bond donors (Lipinski definition) is 1. The number of nitrogens with zero attached hydrogens (tertiary/aromatic N) is 1. The van der Waals surface area contributed by atoms with Crippen LogP contribution in [0, 0.1) is 29.6 Å². The second kappa shape index (κ2) is 13.9. The molecule has 210 valence electrons. The van der Waals surface area contributed by atoms with Gasteiger partial charge in [-0.3, -0.25) is 0 Å². The first-order valence-corrected chi connectivity index (χ1v) is 16.5. The highest BCUT2D eigenvalue weighted by Gasteiger charge is 2.42. The van der Waals surface area contributed by atoms with Gasteiger partial charge in [0.1, 0.15) is 0 Å². The number of aliphatic hydroxyl groups excluding tert-OH is 1. The van der Waals surface area contributed by atoms with Crippen LogP contribution in [0.25, 0.3) is 0 Å². The standard InChI is InChI=1S/C35H59NO/c1-6-13-34(37)25(3)22-28-16-11-18-30(23-29-14-9-8-10-15-29)26(4)35-32(19-12-17-28)31-21-20-27(7-2)24-33(31)36(35)5/h20-21,24-26,28-30,32,34-35,37H,6-19,22-23H2,1-5H3. The molecule has 0 spiro atoms. The molecule has 2 heteroatoms. The lowest BCUT2D eigenvalue weighted by molar-refractivity contribution is 0.0896. The van der Waals surface area contributed by atoms with E-state index in [-0.39, 0.29) is 6.10 Å². The highest BCUT2D eigenvalue weighted by Crippen LogP contribution is 2.49. The number of benzene rings is 1. The summed E-state index contributed by atoms with van der Waals surface area (Å²) in [6, 6.07) is 8.07. The van der Waals surface area contributed by atoms with Crippen molar-refractivity contribution in [3.8, 4) is 0 Å². The van der Waals surface area contributed by atoms with Crippen LogP contribution in [0.1, 0.15) is 141 Å². The van der Waals surface area contributed by atoms with Gasteiger partial charge in [0.2, 0.25) is 0 Å². The molecule has 2 fully saturated rings. The van der Waals surface area contributed by atoms with E-state index in [0.717, 1.165) is 42.9 Å². The molecule has 1 N–H and O–H groups in total. The van der Waals surface area contributed by atoms with Crippen LogP contribution in [0.2, 0.25) is 0 Å². The molecule has 7 unspecified atom stereocenters. The maximum absolute atomic E-state index is 10.7. The minimum absolute atomic E-state index is 0.116. The van der Waals surface area contributed by atoms with Crippen molar-refractivity contribution in [3.05, 3.63) is 29.3 Å². The minimum atomic E-state index is -0.116. The van der Waals surface area contributed by atoms with Crippen molar-refractivity contribution < 1.29 is 5.11 Å². The Hall–Kier alpha value is -1.02. The Kier molecular flexibility index (Phi) is 10.9. The van der Waals surface area contributed by atoms with Crippen LogP contribution in [-0.2, 0) is 6.42 Å². The summed E-state index contributed by atoms with van der Waals surface area (Å²) >= 11 is 0. The number of hydrogen-bond acceptors (Lipinski definition) is 2. The first-order chi connectivity index (χ1) is 17.9. The van der Waals surface area contributed by atoms with Gasteiger partial charge in [-0.15, -0.1) is 0 Å². The third kappa shape index (κ3) is 7.14. The van der Waals surface area contributed by atoms with Crippen LogP contribution in [0.15, 0.2) is 18.2 Å². The van der Waals surface area contributed by atoms with Crippen LogP contribution in [0.4, 0.5) is 5.69 Å². The summed E-state index contributed by atoms with van der Waals surface area (Å²) in [5, 5.41) is 10.7. The van der Waals surface area contributed by atoms with Crippen LogP contribution < -0.4 is 4.90 Å². The molecule has 2 aliphatic carbocycles. The van der Waals surface area contributed by atoms with Crippen molar-refractivity contribution >= 4 is 5.69 Å².